The Morgan fingerprint density at radius 3 is 2.58 bits per heavy atom. The van der Waals surface area contributed by atoms with Crippen molar-refractivity contribution in [2.75, 3.05) is 0 Å². The van der Waals surface area contributed by atoms with Gasteiger partial charge >= 0.3 is 5.97 Å². The molecule has 0 bridgehead atoms. The van der Waals surface area contributed by atoms with E-state index < -0.39 is 16.9 Å². The Morgan fingerprint density at radius 1 is 1.29 bits per heavy atom. The average molecular weight is 346 g/mol. The Balaban J connectivity index is 2.15. The molecule has 0 aromatic heterocycles. The molecular weight excluding hydrogens is 328 g/mol. The minimum absolute atomic E-state index is 0.0351. The van der Waals surface area contributed by atoms with Crippen molar-refractivity contribution in [2.24, 2.45) is 0 Å². The molecule has 0 aliphatic rings. The topological polar surface area (TPSA) is 92.5 Å². The standard InChI is InChI=1S/C17H18N2O4S/c1-2-12-8-9-13(16(10-12)19(22)23)11-15(17(20)21)18-24-14-6-4-3-5-7-14/h3-10,15,18H,2,11H2,1H3,(H,20,21)/t15-/m0/s1. The van der Waals surface area contributed by atoms with Crippen molar-refractivity contribution >= 4 is 23.6 Å². The number of carboxylic acid groups (broad SMARTS) is 1. The first kappa shape index (κ1) is 18.0. The number of hydrogen-bond donors (Lipinski definition) is 2. The van der Waals surface area contributed by atoms with Crippen LogP contribution in [0.25, 0.3) is 0 Å². The molecule has 0 unspecified atom stereocenters. The zero-order chi connectivity index (χ0) is 17.5. The summed E-state index contributed by atoms with van der Waals surface area (Å²) in [6.07, 6.45) is 0.723. The van der Waals surface area contributed by atoms with Gasteiger partial charge in [-0.2, -0.15) is 0 Å². The van der Waals surface area contributed by atoms with Crippen molar-refractivity contribution in [3.63, 3.8) is 0 Å². The maximum Gasteiger partial charge on any atom is 0.321 e. The second kappa shape index (κ2) is 8.47. The quantitative estimate of drug-likeness (QED) is 0.432. The van der Waals surface area contributed by atoms with Gasteiger partial charge < -0.3 is 5.11 Å². The van der Waals surface area contributed by atoms with Gasteiger partial charge in [-0.1, -0.05) is 37.3 Å². The van der Waals surface area contributed by atoms with Crippen molar-refractivity contribution in [3.8, 4) is 0 Å². The van der Waals surface area contributed by atoms with Crippen molar-refractivity contribution in [2.45, 2.75) is 30.7 Å². The molecule has 2 N–H and O–H groups in total. The number of nitrogens with one attached hydrogen (secondary N) is 1. The summed E-state index contributed by atoms with van der Waals surface area (Å²) < 4.78 is 2.87. The predicted molar refractivity (Wildman–Crippen MR) is 93.0 cm³/mol. The third-order valence-electron chi connectivity index (χ3n) is 3.54. The van der Waals surface area contributed by atoms with E-state index in [-0.39, 0.29) is 12.1 Å². The van der Waals surface area contributed by atoms with Crippen LogP contribution in [0.5, 0.6) is 0 Å². The molecule has 1 atom stereocenters. The van der Waals surface area contributed by atoms with Crippen LogP contribution in [0, 0.1) is 10.1 Å². The first-order valence-corrected chi connectivity index (χ1v) is 8.29. The molecule has 2 rings (SSSR count). The number of nitrogens with zero attached hydrogens (tertiary/aromatic N) is 1. The Hall–Kier alpha value is -2.38. The fourth-order valence-corrected chi connectivity index (χ4v) is 2.95. The maximum absolute atomic E-state index is 11.5. The molecule has 2 aromatic carbocycles. The Bertz CT molecular complexity index is 722. The number of rotatable bonds is 8. The lowest BCUT2D eigenvalue weighted by atomic mass is 10.0. The molecule has 0 spiro atoms. The fraction of sp³-hybridized carbons (Fsp3) is 0.235. The third kappa shape index (κ3) is 4.81. The molecule has 0 amide bonds. The summed E-state index contributed by atoms with van der Waals surface area (Å²) >= 11 is 1.20. The summed E-state index contributed by atoms with van der Waals surface area (Å²) in [7, 11) is 0. The van der Waals surface area contributed by atoms with Crippen LogP contribution in [0.4, 0.5) is 5.69 Å². The number of nitro groups is 1. The lowest BCUT2D eigenvalue weighted by Gasteiger charge is -2.14. The van der Waals surface area contributed by atoms with Crippen LogP contribution in [0.1, 0.15) is 18.1 Å². The van der Waals surface area contributed by atoms with E-state index in [0.717, 1.165) is 10.5 Å². The first-order chi connectivity index (χ1) is 11.5. The van der Waals surface area contributed by atoms with Gasteiger partial charge in [0.2, 0.25) is 0 Å². The number of aryl methyl sites for hydroxylation is 1. The van der Waals surface area contributed by atoms with Gasteiger partial charge in [0.1, 0.15) is 6.04 Å². The summed E-state index contributed by atoms with van der Waals surface area (Å²) in [5.74, 6) is -1.05. The van der Waals surface area contributed by atoms with Gasteiger partial charge in [0, 0.05) is 22.9 Å². The lowest BCUT2D eigenvalue weighted by Crippen LogP contribution is -2.34. The number of benzene rings is 2. The van der Waals surface area contributed by atoms with E-state index >= 15 is 0 Å². The van der Waals surface area contributed by atoms with Crippen molar-refractivity contribution < 1.29 is 14.8 Å². The van der Waals surface area contributed by atoms with E-state index in [2.05, 4.69) is 4.72 Å². The SMILES string of the molecule is CCc1ccc(C[C@H](NSc2ccccc2)C(=O)O)c([N+](=O)[O-])c1. The lowest BCUT2D eigenvalue weighted by molar-refractivity contribution is -0.385. The minimum Gasteiger partial charge on any atom is -0.480 e. The molecular formula is C17H18N2O4S. The number of hydrogen-bond acceptors (Lipinski definition) is 5. The van der Waals surface area contributed by atoms with Crippen LogP contribution in [0.2, 0.25) is 0 Å². The maximum atomic E-state index is 11.5. The minimum atomic E-state index is -1.05. The monoisotopic (exact) mass is 346 g/mol. The number of carboxylic acids is 1. The number of aliphatic carboxylic acids is 1. The molecule has 0 saturated heterocycles. The first-order valence-electron chi connectivity index (χ1n) is 7.47. The van der Waals surface area contributed by atoms with E-state index in [0.29, 0.717) is 12.0 Å². The van der Waals surface area contributed by atoms with Gasteiger partial charge in [-0.15, -0.1) is 0 Å². The second-order valence-electron chi connectivity index (χ2n) is 5.20. The average Bonchev–Trinajstić information content (AvgIpc) is 2.59. The summed E-state index contributed by atoms with van der Waals surface area (Å²) in [6, 6.07) is 13.3. The summed E-state index contributed by atoms with van der Waals surface area (Å²) in [5.41, 5.74) is 1.22. The Morgan fingerprint density at radius 2 is 2.00 bits per heavy atom. The molecule has 126 valence electrons. The van der Waals surface area contributed by atoms with Crippen molar-refractivity contribution in [1.29, 1.82) is 0 Å². The van der Waals surface area contributed by atoms with Gasteiger partial charge in [0.05, 0.1) is 4.92 Å². The normalized spacial score (nSPS) is 11.9. The van der Waals surface area contributed by atoms with E-state index in [1.165, 1.54) is 18.0 Å². The summed E-state index contributed by atoms with van der Waals surface area (Å²) in [4.78, 5) is 23.2. The van der Waals surface area contributed by atoms with Gasteiger partial charge in [0.25, 0.3) is 5.69 Å². The highest BCUT2D eigenvalue weighted by Gasteiger charge is 2.23. The van der Waals surface area contributed by atoms with E-state index in [1.54, 1.807) is 12.1 Å². The smallest absolute Gasteiger partial charge is 0.321 e. The zero-order valence-electron chi connectivity index (χ0n) is 13.1. The van der Waals surface area contributed by atoms with Gasteiger partial charge in [-0.25, -0.2) is 4.72 Å². The van der Waals surface area contributed by atoms with Crippen LogP contribution in [0.3, 0.4) is 0 Å². The zero-order valence-corrected chi connectivity index (χ0v) is 14.0. The van der Waals surface area contributed by atoms with E-state index in [4.69, 9.17) is 0 Å². The molecule has 0 heterocycles. The van der Waals surface area contributed by atoms with E-state index in [1.807, 2.05) is 37.3 Å². The van der Waals surface area contributed by atoms with Gasteiger partial charge in [0.15, 0.2) is 0 Å². The number of carbonyl (C=O) groups is 1. The predicted octanol–water partition coefficient (Wildman–Crippen LogP) is 3.45. The van der Waals surface area contributed by atoms with Gasteiger partial charge in [-0.05, 0) is 36.1 Å². The van der Waals surface area contributed by atoms with Crippen LogP contribution < -0.4 is 4.72 Å². The fourth-order valence-electron chi connectivity index (χ4n) is 2.20. The molecule has 0 saturated carbocycles. The summed E-state index contributed by atoms with van der Waals surface area (Å²) in [5, 5.41) is 20.7. The molecule has 0 aliphatic heterocycles. The highest BCUT2D eigenvalue weighted by molar-refractivity contribution is 7.97. The van der Waals surface area contributed by atoms with Crippen LogP contribution in [-0.4, -0.2) is 22.0 Å². The van der Waals surface area contributed by atoms with Gasteiger partial charge in [-0.3, -0.25) is 14.9 Å². The molecule has 6 nitrogen and oxygen atoms in total. The highest BCUT2D eigenvalue weighted by Crippen LogP contribution is 2.23. The molecule has 2 aromatic rings. The second-order valence-corrected chi connectivity index (χ2v) is 6.11. The number of nitro benzene ring substituents is 1. The van der Waals surface area contributed by atoms with E-state index in [9.17, 15) is 20.0 Å². The van der Waals surface area contributed by atoms with Crippen molar-refractivity contribution in [3.05, 3.63) is 69.8 Å². The third-order valence-corrected chi connectivity index (χ3v) is 4.45. The molecule has 0 fully saturated rings. The molecule has 7 heteroatoms. The Labute approximate surface area is 144 Å². The molecule has 24 heavy (non-hydrogen) atoms. The molecule has 0 aliphatic carbocycles. The highest BCUT2D eigenvalue weighted by atomic mass is 32.2. The Kier molecular flexibility index (Phi) is 6.34. The van der Waals surface area contributed by atoms with Crippen LogP contribution >= 0.6 is 11.9 Å². The molecule has 0 radical (unpaired) electrons. The van der Waals surface area contributed by atoms with Crippen LogP contribution in [-0.2, 0) is 17.6 Å². The van der Waals surface area contributed by atoms with Crippen LogP contribution in [0.15, 0.2) is 53.4 Å². The largest absolute Gasteiger partial charge is 0.480 e. The summed E-state index contributed by atoms with van der Waals surface area (Å²) in [6.45, 7) is 1.91. The van der Waals surface area contributed by atoms with Crippen molar-refractivity contribution in [1.82, 2.24) is 4.72 Å².